The van der Waals surface area contributed by atoms with E-state index in [1.165, 1.54) is 25.7 Å². The Hall–Kier alpha value is -0.280. The van der Waals surface area contributed by atoms with E-state index in [1.807, 2.05) is 0 Å². The molecule has 1 rings (SSSR count). The minimum atomic E-state index is 0.0308. The van der Waals surface area contributed by atoms with Crippen LogP contribution in [0.1, 0.15) is 32.6 Å². The third-order valence-electron chi connectivity index (χ3n) is 3.95. The first kappa shape index (κ1) is 23.8. The molecule has 1 saturated heterocycles. The van der Waals surface area contributed by atoms with Crippen LogP contribution in [0.25, 0.3) is 0 Å². The maximum atomic E-state index is 5.90. The van der Waals surface area contributed by atoms with Crippen molar-refractivity contribution in [3.05, 3.63) is 0 Å². The van der Waals surface area contributed by atoms with Crippen molar-refractivity contribution in [2.75, 3.05) is 85.8 Å². The van der Waals surface area contributed by atoms with E-state index >= 15 is 0 Å². The van der Waals surface area contributed by atoms with Crippen LogP contribution in [0.2, 0.25) is 0 Å². The summed E-state index contributed by atoms with van der Waals surface area (Å²) in [4.78, 5) is 0. The molecular weight excluding hydrogens is 338 g/mol. The lowest BCUT2D eigenvalue weighted by Crippen LogP contribution is -2.34. The smallest absolute Gasteiger partial charge is 0.0933 e. The highest BCUT2D eigenvalue weighted by atomic mass is 16.6. The topological polar surface area (TPSA) is 67.4 Å². The minimum Gasteiger partial charge on any atom is -0.377 e. The summed E-state index contributed by atoms with van der Waals surface area (Å²) in [5, 5.41) is 3.47. The summed E-state index contributed by atoms with van der Waals surface area (Å²) in [5.74, 6) is 0. The predicted molar refractivity (Wildman–Crippen MR) is 101 cm³/mol. The lowest BCUT2D eigenvalue weighted by atomic mass is 10.2. The molecule has 0 bridgehead atoms. The van der Waals surface area contributed by atoms with Gasteiger partial charge in [0, 0.05) is 6.54 Å². The second-order valence-electron chi connectivity index (χ2n) is 6.28. The third kappa shape index (κ3) is 15.9. The highest BCUT2D eigenvalue weighted by molar-refractivity contribution is 4.62. The average molecular weight is 378 g/mol. The standard InChI is InChI=1S/C19H39NO6/c1-2-3-4-5-6-20-17-19-18-25-14-13-23-10-9-21-7-8-22-11-12-24-15-16-26-19/h19-20H,2-18H2,1H3. The molecule has 1 N–H and O–H groups in total. The van der Waals surface area contributed by atoms with Crippen molar-refractivity contribution in [2.24, 2.45) is 0 Å². The van der Waals surface area contributed by atoms with Crippen molar-refractivity contribution in [3.63, 3.8) is 0 Å². The van der Waals surface area contributed by atoms with Crippen LogP contribution in [-0.2, 0) is 28.4 Å². The number of nitrogens with one attached hydrogen (secondary N) is 1. The van der Waals surface area contributed by atoms with Gasteiger partial charge < -0.3 is 33.7 Å². The molecule has 1 fully saturated rings. The maximum absolute atomic E-state index is 5.90. The van der Waals surface area contributed by atoms with E-state index in [0.29, 0.717) is 72.7 Å². The molecule has 26 heavy (non-hydrogen) atoms. The lowest BCUT2D eigenvalue weighted by Gasteiger charge is -2.19. The van der Waals surface area contributed by atoms with Gasteiger partial charge >= 0.3 is 0 Å². The molecule has 0 saturated carbocycles. The number of hydrogen-bond donors (Lipinski definition) is 1. The van der Waals surface area contributed by atoms with E-state index in [4.69, 9.17) is 28.4 Å². The van der Waals surface area contributed by atoms with Crippen molar-refractivity contribution in [3.8, 4) is 0 Å². The highest BCUT2D eigenvalue weighted by Gasteiger charge is 2.09. The number of hydrogen-bond acceptors (Lipinski definition) is 7. The van der Waals surface area contributed by atoms with Gasteiger partial charge in [-0.2, -0.15) is 0 Å². The van der Waals surface area contributed by atoms with Gasteiger partial charge in [-0.15, -0.1) is 0 Å². The summed E-state index contributed by atoms with van der Waals surface area (Å²) in [6, 6.07) is 0. The second kappa shape index (κ2) is 19.5. The normalized spacial score (nSPS) is 23.2. The predicted octanol–water partition coefficient (Wildman–Crippen LogP) is 1.64. The van der Waals surface area contributed by atoms with Crippen molar-refractivity contribution in [1.29, 1.82) is 0 Å². The minimum absolute atomic E-state index is 0.0308. The Bertz CT molecular complexity index is 265. The molecule has 1 heterocycles. The van der Waals surface area contributed by atoms with Crippen LogP contribution in [0.4, 0.5) is 0 Å². The molecule has 7 nitrogen and oxygen atoms in total. The fraction of sp³-hybridized carbons (Fsp3) is 1.00. The van der Waals surface area contributed by atoms with Crippen LogP contribution >= 0.6 is 0 Å². The van der Waals surface area contributed by atoms with Gasteiger partial charge in [0.2, 0.25) is 0 Å². The van der Waals surface area contributed by atoms with E-state index < -0.39 is 0 Å². The van der Waals surface area contributed by atoms with Crippen molar-refractivity contribution in [2.45, 2.75) is 38.7 Å². The molecule has 0 aliphatic carbocycles. The summed E-state index contributed by atoms with van der Waals surface area (Å²) in [6.45, 7) is 10.3. The third-order valence-corrected chi connectivity index (χ3v) is 3.95. The van der Waals surface area contributed by atoms with Gasteiger partial charge in [0.15, 0.2) is 0 Å². The highest BCUT2D eigenvalue weighted by Crippen LogP contribution is 1.98. The fourth-order valence-electron chi connectivity index (χ4n) is 2.47. The molecule has 0 aromatic carbocycles. The molecule has 0 radical (unpaired) electrons. The van der Waals surface area contributed by atoms with Crippen LogP contribution in [0.5, 0.6) is 0 Å². The number of rotatable bonds is 7. The SMILES string of the molecule is CCCCCCNCC1COCCOCCOCCOCCOCCO1. The Morgan fingerprint density at radius 1 is 0.654 bits per heavy atom. The molecular formula is C19H39NO6. The summed E-state index contributed by atoms with van der Waals surface area (Å²) in [6.07, 6.45) is 5.08. The largest absolute Gasteiger partial charge is 0.377 e. The Morgan fingerprint density at radius 3 is 1.77 bits per heavy atom. The zero-order chi connectivity index (χ0) is 18.5. The molecule has 1 atom stereocenters. The van der Waals surface area contributed by atoms with Crippen molar-refractivity contribution < 1.29 is 28.4 Å². The van der Waals surface area contributed by atoms with Crippen LogP contribution in [0, 0.1) is 0 Å². The number of ether oxygens (including phenoxy) is 6. The quantitative estimate of drug-likeness (QED) is 0.677. The Balaban J connectivity index is 2.19. The van der Waals surface area contributed by atoms with Gasteiger partial charge in [0.05, 0.1) is 78.8 Å². The molecule has 1 aliphatic heterocycles. The van der Waals surface area contributed by atoms with Gasteiger partial charge in [-0.25, -0.2) is 0 Å². The first-order valence-corrected chi connectivity index (χ1v) is 10.1. The molecule has 0 amide bonds. The first-order chi connectivity index (χ1) is 12.9. The van der Waals surface area contributed by atoms with Gasteiger partial charge in [-0.05, 0) is 13.0 Å². The van der Waals surface area contributed by atoms with E-state index in [0.717, 1.165) is 13.1 Å². The van der Waals surface area contributed by atoms with Gasteiger partial charge in [-0.1, -0.05) is 26.2 Å². The Labute approximate surface area is 159 Å². The van der Waals surface area contributed by atoms with Crippen molar-refractivity contribution >= 4 is 0 Å². The molecule has 0 aromatic rings. The van der Waals surface area contributed by atoms with E-state index in [-0.39, 0.29) is 6.10 Å². The summed E-state index contributed by atoms with van der Waals surface area (Å²) < 4.78 is 33.5. The van der Waals surface area contributed by atoms with E-state index in [2.05, 4.69) is 12.2 Å². The second-order valence-corrected chi connectivity index (χ2v) is 6.28. The molecule has 0 aromatic heterocycles. The Morgan fingerprint density at radius 2 is 1.19 bits per heavy atom. The monoisotopic (exact) mass is 377 g/mol. The molecule has 0 spiro atoms. The summed E-state index contributed by atoms with van der Waals surface area (Å²) >= 11 is 0. The zero-order valence-electron chi connectivity index (χ0n) is 16.5. The summed E-state index contributed by atoms with van der Waals surface area (Å²) in [7, 11) is 0. The van der Waals surface area contributed by atoms with Crippen molar-refractivity contribution in [1.82, 2.24) is 5.32 Å². The first-order valence-electron chi connectivity index (χ1n) is 10.1. The van der Waals surface area contributed by atoms with Gasteiger partial charge in [0.1, 0.15) is 0 Å². The van der Waals surface area contributed by atoms with E-state index in [9.17, 15) is 0 Å². The van der Waals surface area contributed by atoms with Crippen LogP contribution in [0.15, 0.2) is 0 Å². The van der Waals surface area contributed by atoms with Crippen LogP contribution in [0.3, 0.4) is 0 Å². The molecule has 156 valence electrons. The maximum Gasteiger partial charge on any atom is 0.0933 e. The zero-order valence-corrected chi connectivity index (χ0v) is 16.5. The molecule has 1 unspecified atom stereocenters. The van der Waals surface area contributed by atoms with E-state index in [1.54, 1.807) is 0 Å². The van der Waals surface area contributed by atoms with Crippen LogP contribution in [-0.4, -0.2) is 91.9 Å². The van der Waals surface area contributed by atoms with Gasteiger partial charge in [0.25, 0.3) is 0 Å². The average Bonchev–Trinajstić information content (AvgIpc) is 2.65. The molecule has 7 heteroatoms. The lowest BCUT2D eigenvalue weighted by molar-refractivity contribution is -0.0594. The fourth-order valence-corrected chi connectivity index (χ4v) is 2.47. The van der Waals surface area contributed by atoms with Crippen LogP contribution < -0.4 is 5.32 Å². The van der Waals surface area contributed by atoms with Gasteiger partial charge in [-0.3, -0.25) is 0 Å². The summed E-state index contributed by atoms with van der Waals surface area (Å²) in [5.41, 5.74) is 0. The number of unbranched alkanes of at least 4 members (excludes halogenated alkanes) is 3. The molecule has 1 aliphatic rings. The Kier molecular flexibility index (Phi) is 17.8.